The lowest BCUT2D eigenvalue weighted by atomic mass is 9.51. The second-order valence-electron chi connectivity index (χ2n) is 8.15. The van der Waals surface area contributed by atoms with Gasteiger partial charge in [-0.25, -0.2) is 0 Å². The molecule has 3 heteroatoms. The molecule has 0 aromatic rings. The summed E-state index contributed by atoms with van der Waals surface area (Å²) in [6.07, 6.45) is 6.77. The maximum absolute atomic E-state index is 12.0. The van der Waals surface area contributed by atoms with Crippen LogP contribution in [0.1, 0.15) is 59.8 Å². The Hall–Kier alpha value is 0.110. The summed E-state index contributed by atoms with van der Waals surface area (Å²) in [6.45, 7) is 9.19. The average molecular weight is 298 g/mol. The van der Waals surface area contributed by atoms with E-state index >= 15 is 0 Å². The predicted octanol–water partition coefficient (Wildman–Crippen LogP) is 3.77. The molecule has 1 aliphatic heterocycles. The molecular weight excluding hydrogens is 268 g/mol. The van der Waals surface area contributed by atoms with Crippen molar-refractivity contribution in [2.24, 2.45) is 23.2 Å². The molecule has 3 rings (SSSR count). The Kier molecular flexibility index (Phi) is 3.82. The van der Waals surface area contributed by atoms with Crippen molar-refractivity contribution in [3.63, 3.8) is 0 Å². The van der Waals surface area contributed by atoms with Crippen molar-refractivity contribution in [3.05, 3.63) is 0 Å². The summed E-state index contributed by atoms with van der Waals surface area (Å²) in [6, 6.07) is 0. The summed E-state index contributed by atoms with van der Waals surface area (Å²) in [5.74, 6) is 4.05. The quantitative estimate of drug-likeness (QED) is 0.742. The van der Waals surface area contributed by atoms with Crippen LogP contribution < -0.4 is 0 Å². The van der Waals surface area contributed by atoms with E-state index in [9.17, 15) is 4.21 Å². The van der Waals surface area contributed by atoms with Crippen molar-refractivity contribution in [1.82, 2.24) is 0 Å². The Morgan fingerprint density at radius 3 is 2.60 bits per heavy atom. The summed E-state index contributed by atoms with van der Waals surface area (Å²) in [5, 5.41) is 0. The van der Waals surface area contributed by atoms with Crippen molar-refractivity contribution in [3.8, 4) is 0 Å². The summed E-state index contributed by atoms with van der Waals surface area (Å²) >= 11 is 0. The molecule has 0 spiro atoms. The van der Waals surface area contributed by atoms with Crippen molar-refractivity contribution < 1.29 is 8.95 Å². The molecule has 2 aliphatic carbocycles. The van der Waals surface area contributed by atoms with Crippen LogP contribution >= 0.6 is 0 Å². The number of ether oxygens (including phenoxy) is 1. The van der Waals surface area contributed by atoms with E-state index in [1.54, 1.807) is 0 Å². The number of rotatable bonds is 3. The lowest BCUT2D eigenvalue weighted by Crippen LogP contribution is -2.48. The number of fused-ring (bicyclic) bond motifs is 2. The monoisotopic (exact) mass is 298 g/mol. The second kappa shape index (κ2) is 5.08. The first-order valence-electron chi connectivity index (χ1n) is 8.38. The topological polar surface area (TPSA) is 29.6 Å². The fraction of sp³-hybridized carbons (Fsp3) is 1.00. The SMILES string of the molecule is CCS(=O)C[C@@H]1CC[C@H]2O[C@]2(C)CC[C@@H]2[C@@H]1CC2(C)C. The highest BCUT2D eigenvalue weighted by atomic mass is 32.2. The fourth-order valence-electron chi connectivity index (χ4n) is 4.88. The van der Waals surface area contributed by atoms with Gasteiger partial charge in [0.05, 0.1) is 11.7 Å². The molecule has 2 nitrogen and oxygen atoms in total. The Labute approximate surface area is 126 Å². The van der Waals surface area contributed by atoms with Gasteiger partial charge in [0.1, 0.15) is 0 Å². The van der Waals surface area contributed by atoms with Gasteiger partial charge in [0.15, 0.2) is 0 Å². The van der Waals surface area contributed by atoms with Gasteiger partial charge in [-0.2, -0.15) is 0 Å². The smallest absolute Gasteiger partial charge is 0.0920 e. The maximum Gasteiger partial charge on any atom is 0.0920 e. The molecule has 1 heterocycles. The van der Waals surface area contributed by atoms with Crippen LogP contribution in [0.4, 0.5) is 0 Å². The van der Waals surface area contributed by atoms with Crippen LogP contribution in [-0.4, -0.2) is 27.4 Å². The Morgan fingerprint density at radius 2 is 1.95 bits per heavy atom. The van der Waals surface area contributed by atoms with E-state index < -0.39 is 10.8 Å². The van der Waals surface area contributed by atoms with Crippen LogP contribution in [-0.2, 0) is 15.5 Å². The van der Waals surface area contributed by atoms with Crippen LogP contribution in [0.15, 0.2) is 0 Å². The van der Waals surface area contributed by atoms with Gasteiger partial charge in [0.25, 0.3) is 0 Å². The van der Waals surface area contributed by atoms with Crippen molar-refractivity contribution in [1.29, 1.82) is 0 Å². The lowest BCUT2D eigenvalue weighted by Gasteiger charge is -2.55. The molecule has 0 aromatic heterocycles. The lowest BCUT2D eigenvalue weighted by molar-refractivity contribution is -0.0521. The summed E-state index contributed by atoms with van der Waals surface area (Å²) in [4.78, 5) is 0. The number of hydrogen-bond acceptors (Lipinski definition) is 2. The second-order valence-corrected chi connectivity index (χ2v) is 9.94. The van der Waals surface area contributed by atoms with Crippen molar-refractivity contribution in [2.75, 3.05) is 11.5 Å². The van der Waals surface area contributed by atoms with Crippen LogP contribution in [0, 0.1) is 23.2 Å². The van der Waals surface area contributed by atoms with Gasteiger partial charge in [-0.15, -0.1) is 0 Å². The zero-order chi connectivity index (χ0) is 14.5. The first-order valence-corrected chi connectivity index (χ1v) is 9.87. The third-order valence-corrected chi connectivity index (χ3v) is 7.84. The third kappa shape index (κ3) is 2.61. The standard InChI is InChI=1S/C17H30O2S/c1-5-20(18)11-12-6-7-15-17(4,19-15)9-8-14-13(12)10-16(14,2)3/h12-15H,5-11H2,1-4H3/t12-,13+,14+,15+,17+,20?/m0/s1. The van der Waals surface area contributed by atoms with E-state index in [1.165, 1.54) is 32.1 Å². The normalized spacial score (nSPS) is 47.8. The Balaban J connectivity index is 1.74. The highest BCUT2D eigenvalue weighted by Crippen LogP contribution is 2.59. The van der Waals surface area contributed by atoms with Gasteiger partial charge >= 0.3 is 0 Å². The predicted molar refractivity (Wildman–Crippen MR) is 84.2 cm³/mol. The van der Waals surface area contributed by atoms with E-state index in [1.807, 2.05) is 0 Å². The van der Waals surface area contributed by atoms with Crippen molar-refractivity contribution >= 4 is 10.8 Å². The van der Waals surface area contributed by atoms with Crippen LogP contribution in [0.5, 0.6) is 0 Å². The van der Waals surface area contributed by atoms with Crippen LogP contribution in [0.25, 0.3) is 0 Å². The highest BCUT2D eigenvalue weighted by molar-refractivity contribution is 7.84. The molecule has 116 valence electrons. The third-order valence-electron chi connectivity index (χ3n) is 6.40. The molecule has 0 N–H and O–H groups in total. The van der Waals surface area contributed by atoms with Gasteiger partial charge in [-0.1, -0.05) is 20.8 Å². The molecule has 6 atom stereocenters. The minimum absolute atomic E-state index is 0.176. The van der Waals surface area contributed by atoms with Gasteiger partial charge in [0, 0.05) is 22.3 Å². The molecule has 0 radical (unpaired) electrons. The van der Waals surface area contributed by atoms with Gasteiger partial charge in [-0.3, -0.25) is 4.21 Å². The van der Waals surface area contributed by atoms with Gasteiger partial charge in [0.2, 0.25) is 0 Å². The Bertz CT molecular complexity index is 406. The molecule has 2 saturated carbocycles. The molecule has 3 aliphatic rings. The summed E-state index contributed by atoms with van der Waals surface area (Å²) < 4.78 is 18.0. The van der Waals surface area contributed by atoms with E-state index in [0.29, 0.717) is 17.4 Å². The van der Waals surface area contributed by atoms with E-state index in [4.69, 9.17) is 4.74 Å². The number of epoxide rings is 1. The highest BCUT2D eigenvalue weighted by Gasteiger charge is 2.57. The van der Waals surface area contributed by atoms with Crippen LogP contribution in [0.2, 0.25) is 0 Å². The molecule has 1 unspecified atom stereocenters. The van der Waals surface area contributed by atoms with E-state index in [0.717, 1.165) is 23.3 Å². The molecule has 0 amide bonds. The molecule has 0 bridgehead atoms. The zero-order valence-electron chi connectivity index (χ0n) is 13.5. The minimum Gasteiger partial charge on any atom is -0.366 e. The Morgan fingerprint density at radius 1 is 1.20 bits per heavy atom. The van der Waals surface area contributed by atoms with Gasteiger partial charge in [-0.05, 0) is 62.2 Å². The summed E-state index contributed by atoms with van der Waals surface area (Å²) in [5.41, 5.74) is 0.663. The number of hydrogen-bond donors (Lipinski definition) is 0. The first kappa shape index (κ1) is 15.0. The maximum atomic E-state index is 12.0. The molecule has 3 fully saturated rings. The largest absolute Gasteiger partial charge is 0.366 e. The first-order chi connectivity index (χ1) is 9.36. The van der Waals surface area contributed by atoms with Crippen molar-refractivity contribution in [2.45, 2.75) is 71.5 Å². The molecule has 0 aromatic carbocycles. The molecule has 1 saturated heterocycles. The zero-order valence-corrected chi connectivity index (χ0v) is 14.3. The van der Waals surface area contributed by atoms with E-state index in [-0.39, 0.29) is 5.60 Å². The molecular formula is C17H30O2S. The molecule has 20 heavy (non-hydrogen) atoms. The average Bonchev–Trinajstić information content (AvgIpc) is 3.01. The van der Waals surface area contributed by atoms with E-state index in [2.05, 4.69) is 27.7 Å². The van der Waals surface area contributed by atoms with Crippen LogP contribution in [0.3, 0.4) is 0 Å². The summed E-state index contributed by atoms with van der Waals surface area (Å²) in [7, 11) is -0.619. The fourth-order valence-corrected chi connectivity index (χ4v) is 6.01. The minimum atomic E-state index is -0.619. The van der Waals surface area contributed by atoms with Gasteiger partial charge < -0.3 is 4.74 Å².